The number of carbonyl (C=O) groups is 2. The van der Waals surface area contributed by atoms with Crippen molar-refractivity contribution in [2.75, 3.05) is 20.6 Å². The van der Waals surface area contributed by atoms with Crippen molar-refractivity contribution in [3.63, 3.8) is 0 Å². The summed E-state index contributed by atoms with van der Waals surface area (Å²) in [6.07, 6.45) is 0.802. The second-order valence-corrected chi connectivity index (χ2v) is 7.90. The number of benzene rings is 1. The molecule has 0 heterocycles. The van der Waals surface area contributed by atoms with E-state index in [1.165, 1.54) is 26.2 Å². The summed E-state index contributed by atoms with van der Waals surface area (Å²) in [5, 5.41) is 5.29. The first-order valence-corrected chi connectivity index (χ1v) is 9.17. The number of aryl methyl sites for hydroxylation is 1. The first-order valence-electron chi connectivity index (χ1n) is 7.73. The number of nitrogens with zero attached hydrogens (tertiary/aromatic N) is 1. The van der Waals surface area contributed by atoms with Gasteiger partial charge in [-0.1, -0.05) is 13.0 Å². The molecule has 0 aliphatic rings. The summed E-state index contributed by atoms with van der Waals surface area (Å²) in [4.78, 5) is 24.3. The van der Waals surface area contributed by atoms with Gasteiger partial charge < -0.3 is 10.6 Å². The SMILES string of the molecule is CCCNC(=O)C(C)NC(=O)c1cc(S(=O)(=O)N(C)C)ccc1C. The Bertz CT molecular complexity index is 714. The smallest absolute Gasteiger partial charge is 0.252 e. The fraction of sp³-hybridized carbons (Fsp3) is 0.500. The average Bonchev–Trinajstić information content (AvgIpc) is 2.52. The standard InChI is InChI=1S/C16H25N3O4S/c1-6-9-17-15(20)12(3)18-16(21)14-10-13(8-7-11(14)2)24(22,23)19(4)5/h7-8,10,12H,6,9H2,1-5H3,(H,17,20)(H,18,21). The predicted molar refractivity (Wildman–Crippen MR) is 92.3 cm³/mol. The Morgan fingerprint density at radius 2 is 1.88 bits per heavy atom. The molecule has 24 heavy (non-hydrogen) atoms. The summed E-state index contributed by atoms with van der Waals surface area (Å²) >= 11 is 0. The molecule has 0 aromatic heterocycles. The van der Waals surface area contributed by atoms with Gasteiger partial charge in [-0.05, 0) is 38.0 Å². The van der Waals surface area contributed by atoms with Crippen LogP contribution in [0, 0.1) is 6.92 Å². The lowest BCUT2D eigenvalue weighted by Gasteiger charge is -2.16. The maximum absolute atomic E-state index is 12.4. The molecule has 1 aromatic rings. The van der Waals surface area contributed by atoms with Gasteiger partial charge >= 0.3 is 0 Å². The maximum atomic E-state index is 12.4. The number of carbonyl (C=O) groups excluding carboxylic acids is 2. The summed E-state index contributed by atoms with van der Waals surface area (Å²) in [5.74, 6) is -0.762. The van der Waals surface area contributed by atoms with E-state index in [2.05, 4.69) is 10.6 Å². The first-order chi connectivity index (χ1) is 11.1. The third-order valence-corrected chi connectivity index (χ3v) is 5.33. The van der Waals surface area contributed by atoms with Crippen molar-refractivity contribution in [2.45, 2.75) is 38.1 Å². The van der Waals surface area contributed by atoms with Crippen LogP contribution < -0.4 is 10.6 Å². The molecule has 1 rings (SSSR count). The Hall–Kier alpha value is -1.93. The molecular weight excluding hydrogens is 330 g/mol. The van der Waals surface area contributed by atoms with E-state index in [1.54, 1.807) is 19.9 Å². The summed E-state index contributed by atoms with van der Waals surface area (Å²) in [6.45, 7) is 5.76. The number of nitrogens with one attached hydrogen (secondary N) is 2. The molecule has 1 atom stereocenters. The Labute approximate surface area is 143 Å². The minimum Gasteiger partial charge on any atom is -0.354 e. The van der Waals surface area contributed by atoms with Gasteiger partial charge in [0.2, 0.25) is 15.9 Å². The van der Waals surface area contributed by atoms with Crippen LogP contribution >= 0.6 is 0 Å². The van der Waals surface area contributed by atoms with Crippen LogP contribution in [0.4, 0.5) is 0 Å². The zero-order valence-corrected chi connectivity index (χ0v) is 15.5. The average molecular weight is 355 g/mol. The summed E-state index contributed by atoms with van der Waals surface area (Å²) in [7, 11) is -0.781. The molecule has 0 saturated carbocycles. The van der Waals surface area contributed by atoms with Crippen molar-refractivity contribution in [1.82, 2.24) is 14.9 Å². The molecule has 0 bridgehead atoms. The second kappa shape index (κ2) is 8.25. The van der Waals surface area contributed by atoms with E-state index in [9.17, 15) is 18.0 Å². The molecule has 0 saturated heterocycles. The highest BCUT2D eigenvalue weighted by Crippen LogP contribution is 2.18. The largest absolute Gasteiger partial charge is 0.354 e. The Kier molecular flexibility index (Phi) is 6.92. The van der Waals surface area contributed by atoms with Gasteiger partial charge in [0, 0.05) is 26.2 Å². The lowest BCUT2D eigenvalue weighted by molar-refractivity contribution is -0.122. The van der Waals surface area contributed by atoms with Gasteiger partial charge in [0.15, 0.2) is 0 Å². The van der Waals surface area contributed by atoms with E-state index >= 15 is 0 Å². The van der Waals surface area contributed by atoms with Gasteiger partial charge in [-0.25, -0.2) is 12.7 Å². The van der Waals surface area contributed by atoms with Crippen molar-refractivity contribution in [1.29, 1.82) is 0 Å². The number of sulfonamides is 1. The van der Waals surface area contributed by atoms with Crippen LogP contribution in [0.2, 0.25) is 0 Å². The maximum Gasteiger partial charge on any atom is 0.252 e. The van der Waals surface area contributed by atoms with Crippen LogP contribution in [0.15, 0.2) is 23.1 Å². The van der Waals surface area contributed by atoms with Crippen LogP contribution in [0.25, 0.3) is 0 Å². The van der Waals surface area contributed by atoms with E-state index < -0.39 is 22.0 Å². The summed E-state index contributed by atoms with van der Waals surface area (Å²) < 4.78 is 25.5. The van der Waals surface area contributed by atoms with Crippen LogP contribution in [0.3, 0.4) is 0 Å². The Morgan fingerprint density at radius 1 is 1.25 bits per heavy atom. The number of hydrogen-bond donors (Lipinski definition) is 2. The van der Waals surface area contributed by atoms with Crippen molar-refractivity contribution in [2.24, 2.45) is 0 Å². The highest BCUT2D eigenvalue weighted by Gasteiger charge is 2.22. The quantitative estimate of drug-likeness (QED) is 0.759. The minimum absolute atomic E-state index is 0.0336. The van der Waals surface area contributed by atoms with E-state index in [0.717, 1.165) is 10.7 Å². The highest BCUT2D eigenvalue weighted by atomic mass is 32.2. The van der Waals surface area contributed by atoms with Gasteiger partial charge in [-0.2, -0.15) is 0 Å². The normalized spacial score (nSPS) is 12.8. The molecule has 0 radical (unpaired) electrons. The molecule has 0 aliphatic carbocycles. The molecule has 0 aliphatic heterocycles. The van der Waals surface area contributed by atoms with Crippen LogP contribution in [-0.2, 0) is 14.8 Å². The molecule has 2 amide bonds. The minimum atomic E-state index is -3.63. The molecule has 134 valence electrons. The van der Waals surface area contributed by atoms with Gasteiger partial charge in [-0.3, -0.25) is 9.59 Å². The fourth-order valence-electron chi connectivity index (χ4n) is 1.96. The zero-order chi connectivity index (χ0) is 18.5. The zero-order valence-electron chi connectivity index (χ0n) is 14.7. The second-order valence-electron chi connectivity index (χ2n) is 5.75. The predicted octanol–water partition coefficient (Wildman–Crippen LogP) is 0.890. The third-order valence-electron chi connectivity index (χ3n) is 3.52. The fourth-order valence-corrected chi connectivity index (χ4v) is 2.89. The lowest BCUT2D eigenvalue weighted by atomic mass is 10.1. The van der Waals surface area contributed by atoms with Crippen molar-refractivity contribution in [3.8, 4) is 0 Å². The molecule has 1 aromatic carbocycles. The van der Waals surface area contributed by atoms with Crippen LogP contribution in [-0.4, -0.2) is 51.2 Å². The van der Waals surface area contributed by atoms with Gasteiger partial charge in [-0.15, -0.1) is 0 Å². The van der Waals surface area contributed by atoms with Crippen molar-refractivity contribution >= 4 is 21.8 Å². The summed E-state index contributed by atoms with van der Waals surface area (Å²) in [5.41, 5.74) is 0.861. The van der Waals surface area contributed by atoms with E-state index in [1.807, 2.05) is 6.92 Å². The monoisotopic (exact) mass is 355 g/mol. The van der Waals surface area contributed by atoms with Crippen LogP contribution in [0.1, 0.15) is 36.2 Å². The van der Waals surface area contributed by atoms with E-state index in [4.69, 9.17) is 0 Å². The van der Waals surface area contributed by atoms with Gasteiger partial charge in [0.05, 0.1) is 4.90 Å². The van der Waals surface area contributed by atoms with Crippen molar-refractivity contribution < 1.29 is 18.0 Å². The number of rotatable bonds is 7. The molecule has 7 nitrogen and oxygen atoms in total. The third kappa shape index (κ3) is 4.78. The molecule has 1 unspecified atom stereocenters. The molecule has 2 N–H and O–H groups in total. The van der Waals surface area contributed by atoms with Crippen molar-refractivity contribution in [3.05, 3.63) is 29.3 Å². The first kappa shape index (κ1) is 20.1. The van der Waals surface area contributed by atoms with Crippen LogP contribution in [0.5, 0.6) is 0 Å². The Balaban J connectivity index is 3.01. The molecule has 0 fully saturated rings. The summed E-state index contributed by atoms with van der Waals surface area (Å²) in [6, 6.07) is 3.65. The Morgan fingerprint density at radius 3 is 2.42 bits per heavy atom. The molecule has 8 heteroatoms. The highest BCUT2D eigenvalue weighted by molar-refractivity contribution is 7.89. The lowest BCUT2D eigenvalue weighted by Crippen LogP contribution is -2.45. The molecular formula is C16H25N3O4S. The van der Waals surface area contributed by atoms with Gasteiger partial charge in [0.1, 0.15) is 6.04 Å². The topological polar surface area (TPSA) is 95.6 Å². The van der Waals surface area contributed by atoms with E-state index in [0.29, 0.717) is 12.1 Å². The number of amides is 2. The van der Waals surface area contributed by atoms with Gasteiger partial charge in [0.25, 0.3) is 5.91 Å². The molecule has 0 spiro atoms. The number of hydrogen-bond acceptors (Lipinski definition) is 4. The van der Waals surface area contributed by atoms with E-state index in [-0.39, 0.29) is 16.4 Å².